The molecule has 0 aromatic heterocycles. The Labute approximate surface area is 143 Å². The van der Waals surface area contributed by atoms with Gasteiger partial charge in [-0.1, -0.05) is 6.07 Å². The lowest BCUT2D eigenvalue weighted by molar-refractivity contribution is 0.166. The van der Waals surface area contributed by atoms with Crippen LogP contribution in [0.3, 0.4) is 0 Å². The van der Waals surface area contributed by atoms with Gasteiger partial charge in [0.15, 0.2) is 9.84 Å². The number of hydrogen-bond acceptors (Lipinski definition) is 6. The fourth-order valence-corrected chi connectivity index (χ4v) is 5.89. The fourth-order valence-electron chi connectivity index (χ4n) is 2.77. The molecular formula is C15H24N2O5S2. The van der Waals surface area contributed by atoms with Gasteiger partial charge in [0, 0.05) is 19.1 Å². The average Bonchev–Trinajstić information content (AvgIpc) is 2.71. The van der Waals surface area contributed by atoms with E-state index in [9.17, 15) is 21.9 Å². The second-order valence-corrected chi connectivity index (χ2v) is 10.2. The van der Waals surface area contributed by atoms with Gasteiger partial charge in [-0.15, -0.1) is 0 Å². The summed E-state index contributed by atoms with van der Waals surface area (Å²) in [6.45, 7) is 5.88. The molecule has 0 radical (unpaired) electrons. The molecule has 0 unspecified atom stereocenters. The maximum atomic E-state index is 12.4. The van der Waals surface area contributed by atoms with E-state index in [0.29, 0.717) is 5.56 Å². The Morgan fingerprint density at radius 2 is 1.71 bits per heavy atom. The Balaban J connectivity index is 1.93. The number of aryl methyl sites for hydroxylation is 3. The number of aliphatic hydroxyl groups excluding tert-OH is 1. The van der Waals surface area contributed by atoms with Crippen LogP contribution in [0.1, 0.15) is 16.7 Å². The molecular weight excluding hydrogens is 352 g/mol. The van der Waals surface area contributed by atoms with Crippen LogP contribution in [-0.2, 0) is 19.9 Å². The van der Waals surface area contributed by atoms with Crippen LogP contribution in [0, 0.1) is 20.8 Å². The molecule has 0 amide bonds. The van der Waals surface area contributed by atoms with Crippen LogP contribution in [-0.4, -0.2) is 58.7 Å². The number of nitrogens with one attached hydrogen (secondary N) is 2. The van der Waals surface area contributed by atoms with Gasteiger partial charge >= 0.3 is 0 Å². The third kappa shape index (κ3) is 4.54. The van der Waals surface area contributed by atoms with E-state index < -0.39 is 32.0 Å². The number of hydrogen-bond donors (Lipinski definition) is 3. The SMILES string of the molecule is Cc1cc(C)c(S(=O)(=O)NCCN[C@@H]2CS(=O)(=O)C[C@@H]2O)cc1C. The highest BCUT2D eigenvalue weighted by atomic mass is 32.2. The van der Waals surface area contributed by atoms with E-state index >= 15 is 0 Å². The molecule has 136 valence electrons. The topological polar surface area (TPSA) is 113 Å². The summed E-state index contributed by atoms with van der Waals surface area (Å²) in [4.78, 5) is 0.245. The highest BCUT2D eigenvalue weighted by Crippen LogP contribution is 2.19. The van der Waals surface area contributed by atoms with Crippen LogP contribution in [0.25, 0.3) is 0 Å². The molecule has 3 N–H and O–H groups in total. The number of sulfone groups is 1. The highest BCUT2D eigenvalue weighted by molar-refractivity contribution is 7.91. The van der Waals surface area contributed by atoms with Gasteiger partial charge in [0.25, 0.3) is 0 Å². The summed E-state index contributed by atoms with van der Waals surface area (Å²) in [6, 6.07) is 2.93. The molecule has 1 aliphatic heterocycles. The number of sulfonamides is 1. The van der Waals surface area contributed by atoms with E-state index in [2.05, 4.69) is 10.0 Å². The first-order chi connectivity index (χ1) is 11.0. The summed E-state index contributed by atoms with van der Waals surface area (Å²) in [7, 11) is -6.85. The van der Waals surface area contributed by atoms with Crippen LogP contribution in [0.5, 0.6) is 0 Å². The van der Waals surface area contributed by atoms with E-state index in [1.165, 1.54) is 0 Å². The first-order valence-corrected chi connectivity index (χ1v) is 11.0. The number of rotatable bonds is 6. The maximum Gasteiger partial charge on any atom is 0.240 e. The zero-order valence-corrected chi connectivity index (χ0v) is 15.7. The molecule has 1 aromatic carbocycles. The predicted octanol–water partition coefficient (Wildman–Crippen LogP) is -0.362. The van der Waals surface area contributed by atoms with Crippen molar-refractivity contribution in [2.24, 2.45) is 0 Å². The van der Waals surface area contributed by atoms with Crippen molar-refractivity contribution in [1.29, 1.82) is 0 Å². The van der Waals surface area contributed by atoms with Gasteiger partial charge in [-0.3, -0.25) is 0 Å². The smallest absolute Gasteiger partial charge is 0.240 e. The molecule has 1 saturated heterocycles. The predicted molar refractivity (Wildman–Crippen MR) is 92.3 cm³/mol. The first-order valence-electron chi connectivity index (χ1n) is 7.71. The van der Waals surface area contributed by atoms with Crippen LogP contribution >= 0.6 is 0 Å². The lowest BCUT2D eigenvalue weighted by Crippen LogP contribution is -2.42. The summed E-state index contributed by atoms with van der Waals surface area (Å²) in [5.74, 6) is -0.380. The van der Waals surface area contributed by atoms with Gasteiger partial charge in [-0.25, -0.2) is 21.6 Å². The summed E-state index contributed by atoms with van der Waals surface area (Å²) in [5, 5.41) is 12.6. The van der Waals surface area contributed by atoms with Crippen LogP contribution < -0.4 is 10.0 Å². The molecule has 1 aliphatic rings. The third-order valence-electron chi connectivity index (χ3n) is 4.23. The van der Waals surface area contributed by atoms with Crippen LogP contribution in [0.4, 0.5) is 0 Å². The Kier molecular flexibility index (Phi) is 5.71. The highest BCUT2D eigenvalue weighted by Gasteiger charge is 2.35. The molecule has 24 heavy (non-hydrogen) atoms. The van der Waals surface area contributed by atoms with E-state index in [1.807, 2.05) is 19.9 Å². The zero-order chi connectivity index (χ0) is 18.1. The molecule has 1 fully saturated rings. The monoisotopic (exact) mass is 376 g/mol. The molecule has 0 saturated carbocycles. The lowest BCUT2D eigenvalue weighted by atomic mass is 10.1. The van der Waals surface area contributed by atoms with Crippen LogP contribution in [0.2, 0.25) is 0 Å². The minimum atomic E-state index is -3.63. The summed E-state index contributed by atoms with van der Waals surface area (Å²) < 4.78 is 50.1. The van der Waals surface area contributed by atoms with E-state index in [0.717, 1.165) is 11.1 Å². The molecule has 0 aliphatic carbocycles. The fraction of sp³-hybridized carbons (Fsp3) is 0.600. The van der Waals surface area contributed by atoms with E-state index in [-0.39, 0.29) is 29.5 Å². The largest absolute Gasteiger partial charge is 0.390 e. The van der Waals surface area contributed by atoms with Crippen LogP contribution in [0.15, 0.2) is 17.0 Å². The minimum absolute atomic E-state index is 0.109. The van der Waals surface area contributed by atoms with Crippen molar-refractivity contribution in [2.45, 2.75) is 37.8 Å². The Bertz CT molecular complexity index is 819. The molecule has 2 rings (SSSR count). The molecule has 2 atom stereocenters. The van der Waals surface area contributed by atoms with Gasteiger partial charge in [-0.05, 0) is 43.5 Å². The molecule has 1 aromatic rings. The van der Waals surface area contributed by atoms with Gasteiger partial charge < -0.3 is 10.4 Å². The minimum Gasteiger partial charge on any atom is -0.390 e. The van der Waals surface area contributed by atoms with Gasteiger partial charge in [0.2, 0.25) is 10.0 Å². The van der Waals surface area contributed by atoms with E-state index in [4.69, 9.17) is 0 Å². The Morgan fingerprint density at radius 1 is 1.08 bits per heavy atom. The quantitative estimate of drug-likeness (QED) is 0.585. The Hall–Kier alpha value is -1.00. The van der Waals surface area contributed by atoms with Crippen molar-refractivity contribution < 1.29 is 21.9 Å². The van der Waals surface area contributed by atoms with Crippen molar-refractivity contribution in [3.63, 3.8) is 0 Å². The first kappa shape index (κ1) is 19.3. The van der Waals surface area contributed by atoms with Gasteiger partial charge in [-0.2, -0.15) is 0 Å². The molecule has 0 bridgehead atoms. The number of benzene rings is 1. The van der Waals surface area contributed by atoms with Gasteiger partial charge in [0.05, 0.1) is 22.5 Å². The number of aliphatic hydroxyl groups is 1. The molecule has 9 heteroatoms. The van der Waals surface area contributed by atoms with Gasteiger partial charge in [0.1, 0.15) is 0 Å². The van der Waals surface area contributed by atoms with Crippen molar-refractivity contribution in [2.75, 3.05) is 24.6 Å². The maximum absolute atomic E-state index is 12.4. The van der Waals surface area contributed by atoms with Crippen molar-refractivity contribution >= 4 is 19.9 Å². The normalized spacial score (nSPS) is 23.5. The second-order valence-electron chi connectivity index (χ2n) is 6.30. The van der Waals surface area contributed by atoms with Crippen molar-refractivity contribution in [3.8, 4) is 0 Å². The Morgan fingerprint density at radius 3 is 2.29 bits per heavy atom. The van der Waals surface area contributed by atoms with Crippen molar-refractivity contribution in [3.05, 3.63) is 28.8 Å². The zero-order valence-electron chi connectivity index (χ0n) is 14.0. The summed E-state index contributed by atoms with van der Waals surface area (Å²) >= 11 is 0. The van der Waals surface area contributed by atoms with E-state index in [1.54, 1.807) is 13.0 Å². The third-order valence-corrected chi connectivity index (χ3v) is 7.55. The van der Waals surface area contributed by atoms with Crippen molar-refractivity contribution in [1.82, 2.24) is 10.0 Å². The molecule has 1 heterocycles. The molecule has 0 spiro atoms. The lowest BCUT2D eigenvalue weighted by Gasteiger charge is -2.16. The average molecular weight is 377 g/mol. The standard InChI is InChI=1S/C15H24N2O5S2/c1-10-6-12(3)15(7-11(10)2)24(21,22)17-5-4-16-13-8-23(19,20)9-14(13)18/h6-7,13-14,16-18H,4-5,8-9H2,1-3H3/t13-,14+/m1/s1. The summed E-state index contributed by atoms with van der Waals surface area (Å²) in [6.07, 6.45) is -0.950. The second kappa shape index (κ2) is 7.09. The molecule has 7 nitrogen and oxygen atoms in total. The summed E-state index contributed by atoms with van der Waals surface area (Å²) in [5.41, 5.74) is 2.61.